The van der Waals surface area contributed by atoms with Crippen LogP contribution < -0.4 is 26.6 Å². The zero-order chi connectivity index (χ0) is 93.7. The van der Waals surface area contributed by atoms with Crippen LogP contribution in [0.1, 0.15) is 427 Å². The van der Waals surface area contributed by atoms with Crippen LogP contribution in [0.15, 0.2) is 48.5 Å². The van der Waals surface area contributed by atoms with E-state index < -0.39 is 48.0 Å². The average Bonchev–Trinajstić information content (AvgIpc) is 1.35. The molecule has 4 unspecified atom stereocenters. The standard InChI is InChI=1S/4C20H30N2O3.C5H10.C4H8O.C4H8.C3H7NS.4C2H6/c4*1-15(23)21-19(20(24)25)12-6-4-2-3-5-10-17-14-13-16-9-7-8-11-18(16)22-17;2*1-2-4-5-3-1;1-2-4-3-1;1-2-5-3-4-1;4*1-2/h4*13-14,19H,2-12H2,1H3,(H,21,23)(H,24,25);1-5H2;1-4H2;1-4H2;4H,1-3H2;4*1-2H3. The summed E-state index contributed by atoms with van der Waals surface area (Å²) in [6.07, 6.45) is 62.3. The number of aliphatic carboxylic acids is 4. The zero-order valence-electron chi connectivity index (χ0n) is 81.5. The predicted molar refractivity (Wildman–Crippen MR) is 522 cm³/mol. The Labute approximate surface area is 773 Å². The third-order valence-electron chi connectivity index (χ3n) is 23.1. The molecule has 22 nitrogen and oxygen atoms in total. The Morgan fingerprint density at radius 3 is 0.693 bits per heavy atom. The van der Waals surface area contributed by atoms with Crippen molar-refractivity contribution in [1.29, 1.82) is 0 Å². The van der Waals surface area contributed by atoms with Gasteiger partial charge < -0.3 is 51.7 Å². The van der Waals surface area contributed by atoms with Crippen LogP contribution in [0.25, 0.3) is 0 Å². The second kappa shape index (κ2) is 79.6. The van der Waals surface area contributed by atoms with E-state index in [1.165, 1.54) is 261 Å². The minimum atomic E-state index is -0.950. The average molecular weight is 1790 g/mol. The summed E-state index contributed by atoms with van der Waals surface area (Å²) in [6, 6.07) is 14.7. The van der Waals surface area contributed by atoms with Gasteiger partial charge in [0.15, 0.2) is 0 Å². The van der Waals surface area contributed by atoms with Gasteiger partial charge in [-0.1, -0.05) is 240 Å². The van der Waals surface area contributed by atoms with Crippen LogP contribution in [0, 0.1) is 0 Å². The van der Waals surface area contributed by atoms with E-state index in [-0.39, 0.29) is 23.6 Å². The highest BCUT2D eigenvalue weighted by molar-refractivity contribution is 7.99. The lowest BCUT2D eigenvalue weighted by molar-refractivity contribution is -0.142. The summed E-state index contributed by atoms with van der Waals surface area (Å²) >= 11 is 1.96. The number of carbonyl (C=O) groups excluding carboxylic acids is 4. The van der Waals surface area contributed by atoms with Crippen LogP contribution >= 0.6 is 11.8 Å². The van der Waals surface area contributed by atoms with Gasteiger partial charge in [-0.2, -0.15) is 0 Å². The normalized spacial score (nSPS) is 15.3. The van der Waals surface area contributed by atoms with Gasteiger partial charge in [-0.05, 0) is 239 Å². The van der Waals surface area contributed by atoms with E-state index in [0.29, 0.717) is 25.7 Å². The number of amides is 4. The molecule has 4 fully saturated rings. The fraction of sp³-hybridized carbons (Fsp3) is 0.731. The van der Waals surface area contributed by atoms with Crippen molar-refractivity contribution in [3.05, 3.63) is 116 Å². The first kappa shape index (κ1) is 118. The lowest BCUT2D eigenvalue weighted by Crippen LogP contribution is -2.39. The van der Waals surface area contributed by atoms with Crippen LogP contribution in [0.2, 0.25) is 0 Å². The van der Waals surface area contributed by atoms with E-state index in [1.807, 2.05) is 67.2 Å². The highest BCUT2D eigenvalue weighted by Gasteiger charge is 2.23. The largest absolute Gasteiger partial charge is 0.480 e. The summed E-state index contributed by atoms with van der Waals surface area (Å²) in [5.74, 6) is -2.48. The summed E-state index contributed by atoms with van der Waals surface area (Å²) in [6.45, 7) is 24.6. The molecule has 0 spiro atoms. The number of nitrogens with zero attached hydrogens (tertiary/aromatic N) is 4. The van der Waals surface area contributed by atoms with Crippen molar-refractivity contribution in [3.63, 3.8) is 0 Å². The summed E-state index contributed by atoms with van der Waals surface area (Å²) < 4.78 is 4.94. The lowest BCUT2D eigenvalue weighted by atomic mass is 9.95. The van der Waals surface area contributed by atoms with Gasteiger partial charge in [-0.3, -0.25) is 39.1 Å². The van der Waals surface area contributed by atoms with Crippen molar-refractivity contribution in [1.82, 2.24) is 46.5 Å². The Hall–Kier alpha value is -7.37. The number of rotatable bonds is 40. The Bertz CT molecular complexity index is 3060. The van der Waals surface area contributed by atoms with Gasteiger partial charge in [0.25, 0.3) is 0 Å². The third kappa shape index (κ3) is 60.3. The Kier molecular flexibility index (Phi) is 73.7. The Balaban J connectivity index is 0.000000766. The quantitative estimate of drug-likeness (QED) is 0.0187. The molecule has 23 heteroatoms. The molecule has 6 heterocycles. The molecule has 4 aromatic heterocycles. The van der Waals surface area contributed by atoms with Gasteiger partial charge in [-0.15, -0.1) is 11.8 Å². The molecular formula is C104H177N9O13S. The number of hydrogen-bond acceptors (Lipinski definition) is 15. The molecule has 9 N–H and O–H groups in total. The molecule has 6 aliphatic carbocycles. The number of aryl methyl sites for hydroxylation is 12. The predicted octanol–water partition coefficient (Wildman–Crippen LogP) is 22.4. The molecule has 4 aromatic rings. The van der Waals surface area contributed by atoms with Gasteiger partial charge in [0, 0.05) is 105 Å². The van der Waals surface area contributed by atoms with Crippen LogP contribution in [0.5, 0.6) is 0 Å². The number of hydrogen-bond donors (Lipinski definition) is 9. The maximum atomic E-state index is 11.0. The van der Waals surface area contributed by atoms with E-state index in [2.05, 4.69) is 75.1 Å². The second-order valence-electron chi connectivity index (χ2n) is 33.6. The van der Waals surface area contributed by atoms with Crippen LogP contribution in [-0.2, 0) is 120 Å². The second-order valence-corrected chi connectivity index (χ2v) is 34.7. The first-order valence-corrected chi connectivity index (χ1v) is 51.7. The van der Waals surface area contributed by atoms with Crippen LogP contribution in [-0.4, -0.2) is 143 Å². The van der Waals surface area contributed by atoms with Crippen LogP contribution in [0.4, 0.5) is 0 Å². The molecule has 0 bridgehead atoms. The number of carboxylic acids is 4. The smallest absolute Gasteiger partial charge is 0.326 e. The van der Waals surface area contributed by atoms with Crippen molar-refractivity contribution < 1.29 is 63.5 Å². The third-order valence-corrected chi connectivity index (χ3v) is 24.0. The van der Waals surface area contributed by atoms with Crippen molar-refractivity contribution in [3.8, 4) is 0 Å². The molecule has 722 valence electrons. The summed E-state index contributed by atoms with van der Waals surface area (Å²) in [7, 11) is 0. The SMILES string of the molecule is C1CCC1.C1CCCC1.C1CCOC1.C1CSCN1.CC.CC.CC.CC.CC(=O)NC(CCCCCCCc1ccc2c(n1)CCCC2)C(=O)O.CC(=O)NC(CCCCCCCc1ccc2c(n1)CCCC2)C(=O)O.CC(=O)NC(CCCCCCCc1ccc2c(n1)CCCC2)C(=O)O.CC(=O)NC(CCCCCCCc1ccc2c(n1)CCCC2)C(=O)O. The molecule has 0 aromatic carbocycles. The molecule has 4 amide bonds. The summed E-state index contributed by atoms with van der Waals surface area (Å²) in [5.41, 5.74) is 15.8. The van der Waals surface area contributed by atoms with E-state index in [9.17, 15) is 38.4 Å². The number of pyridine rings is 4. The molecule has 12 rings (SSSR count). The minimum Gasteiger partial charge on any atom is -0.480 e. The van der Waals surface area contributed by atoms with Crippen molar-refractivity contribution in [2.75, 3.05) is 31.4 Å². The fourth-order valence-corrected chi connectivity index (χ4v) is 16.5. The number of fused-ring (bicyclic) bond motifs is 4. The molecule has 8 aliphatic rings. The molecule has 2 aliphatic heterocycles. The first-order valence-electron chi connectivity index (χ1n) is 50.5. The van der Waals surface area contributed by atoms with Crippen molar-refractivity contribution in [2.24, 2.45) is 0 Å². The summed E-state index contributed by atoms with van der Waals surface area (Å²) in [5, 5.41) is 49.3. The number of nitrogens with one attached hydrogen (secondary N) is 5. The van der Waals surface area contributed by atoms with Gasteiger partial charge >= 0.3 is 23.9 Å². The highest BCUT2D eigenvalue weighted by atomic mass is 32.2. The van der Waals surface area contributed by atoms with E-state index >= 15 is 0 Å². The van der Waals surface area contributed by atoms with E-state index in [1.54, 1.807) is 0 Å². The van der Waals surface area contributed by atoms with E-state index in [0.717, 1.165) is 193 Å². The Morgan fingerprint density at radius 1 is 0.307 bits per heavy atom. The highest BCUT2D eigenvalue weighted by Crippen LogP contribution is 2.26. The molecule has 2 saturated carbocycles. The first-order chi connectivity index (χ1) is 61.7. The molecule has 4 atom stereocenters. The summed E-state index contributed by atoms with van der Waals surface area (Å²) in [4.78, 5) is 107. The lowest BCUT2D eigenvalue weighted by Gasteiger charge is -2.15. The zero-order valence-corrected chi connectivity index (χ0v) is 82.3. The number of carboxylic acid groups (broad SMARTS) is 4. The number of carbonyl (C=O) groups is 8. The minimum absolute atomic E-state index is 0.287. The molecule has 127 heavy (non-hydrogen) atoms. The maximum absolute atomic E-state index is 11.0. The topological polar surface area (TPSA) is 338 Å². The van der Waals surface area contributed by atoms with Crippen molar-refractivity contribution in [2.45, 2.75) is 460 Å². The molecular weight excluding hydrogens is 1620 g/mol. The van der Waals surface area contributed by atoms with Gasteiger partial charge in [0.05, 0.1) is 0 Å². The number of ether oxygens (including phenoxy) is 1. The van der Waals surface area contributed by atoms with E-state index in [4.69, 9.17) is 45.1 Å². The van der Waals surface area contributed by atoms with Gasteiger partial charge in [-0.25, -0.2) is 19.2 Å². The van der Waals surface area contributed by atoms with Crippen molar-refractivity contribution >= 4 is 59.3 Å². The number of aromatic nitrogens is 4. The number of unbranched alkanes of at least 4 members (excludes halogenated alkanes) is 16. The molecule has 2 saturated heterocycles. The molecule has 0 radical (unpaired) electrons. The number of thioether (sulfide) groups is 1. The maximum Gasteiger partial charge on any atom is 0.326 e. The Morgan fingerprint density at radius 2 is 0.520 bits per heavy atom. The monoisotopic (exact) mass is 1790 g/mol. The van der Waals surface area contributed by atoms with Gasteiger partial charge in [0.1, 0.15) is 24.2 Å². The fourth-order valence-electron chi connectivity index (χ4n) is 15.8. The van der Waals surface area contributed by atoms with Crippen LogP contribution in [0.3, 0.4) is 0 Å². The van der Waals surface area contributed by atoms with Gasteiger partial charge in [0.2, 0.25) is 23.6 Å².